The number of fused-ring (bicyclic) bond motifs is 1. The summed E-state index contributed by atoms with van der Waals surface area (Å²) in [6.07, 6.45) is 3.25. The molecule has 1 amide bonds. The van der Waals surface area contributed by atoms with Crippen LogP contribution in [0.1, 0.15) is 65.2 Å². The molecule has 1 saturated heterocycles. The molecule has 0 saturated carbocycles. The number of aryl methyl sites for hydroxylation is 1. The fraction of sp³-hybridized carbons (Fsp3) is 0.542. The van der Waals surface area contributed by atoms with Crippen molar-refractivity contribution in [3.63, 3.8) is 0 Å². The van der Waals surface area contributed by atoms with Crippen LogP contribution in [0.2, 0.25) is 0 Å². The predicted molar refractivity (Wildman–Crippen MR) is 119 cm³/mol. The third kappa shape index (κ3) is 4.34. The molecule has 1 fully saturated rings. The van der Waals surface area contributed by atoms with E-state index in [1.54, 1.807) is 0 Å². The van der Waals surface area contributed by atoms with Gasteiger partial charge in [-0.1, -0.05) is 13.8 Å². The Balaban J connectivity index is 1.88. The lowest BCUT2D eigenvalue weighted by Crippen LogP contribution is -2.40. The molecule has 2 aliphatic heterocycles. The number of carbonyl (C=O) groups is 2. The molecule has 3 heterocycles. The van der Waals surface area contributed by atoms with Gasteiger partial charge in [0.15, 0.2) is 5.82 Å². The highest BCUT2D eigenvalue weighted by Crippen LogP contribution is 2.39. The first-order valence-electron chi connectivity index (χ1n) is 11.4. The molecule has 178 valence electrons. The van der Waals surface area contributed by atoms with Crippen molar-refractivity contribution in [2.75, 3.05) is 33.5 Å². The highest BCUT2D eigenvalue weighted by Gasteiger charge is 2.40. The van der Waals surface area contributed by atoms with Crippen molar-refractivity contribution in [3.05, 3.63) is 40.5 Å². The van der Waals surface area contributed by atoms with E-state index in [1.165, 1.54) is 23.9 Å². The number of rotatable bonds is 6. The van der Waals surface area contributed by atoms with Crippen molar-refractivity contribution in [3.8, 4) is 11.4 Å². The molecule has 2 aliphatic rings. The second-order valence-corrected chi connectivity index (χ2v) is 8.65. The monoisotopic (exact) mass is 459 g/mol. The minimum atomic E-state index is -0.762. The van der Waals surface area contributed by atoms with Crippen LogP contribution < -0.4 is 10.1 Å². The zero-order chi connectivity index (χ0) is 23.6. The number of hydrogen-bond donors (Lipinski definition) is 1. The molecule has 0 aliphatic carbocycles. The van der Waals surface area contributed by atoms with Gasteiger partial charge < -0.3 is 19.5 Å². The summed E-state index contributed by atoms with van der Waals surface area (Å²) in [5.74, 6) is -1.42. The SMILES string of the molecule is CCCOC(=O)c1cc(OC)cc(-n2nc(CC)c3c2CC2(CCOCC2)CNC3=O)c1F. The predicted octanol–water partition coefficient (Wildman–Crippen LogP) is 3.23. The van der Waals surface area contributed by atoms with E-state index in [4.69, 9.17) is 14.2 Å². The summed E-state index contributed by atoms with van der Waals surface area (Å²) in [6.45, 7) is 5.71. The number of halogens is 1. The molecule has 0 radical (unpaired) electrons. The number of benzene rings is 1. The number of nitrogens with zero attached hydrogens (tertiary/aromatic N) is 2. The quantitative estimate of drug-likeness (QED) is 0.667. The number of amides is 1. The smallest absolute Gasteiger partial charge is 0.341 e. The number of ether oxygens (including phenoxy) is 3. The summed E-state index contributed by atoms with van der Waals surface area (Å²) in [7, 11) is 1.45. The van der Waals surface area contributed by atoms with Crippen LogP contribution in [0, 0.1) is 11.2 Å². The Hall–Kier alpha value is -2.94. The highest BCUT2D eigenvalue weighted by atomic mass is 19.1. The fourth-order valence-corrected chi connectivity index (χ4v) is 4.58. The van der Waals surface area contributed by atoms with E-state index in [9.17, 15) is 9.59 Å². The Kier molecular flexibility index (Phi) is 6.69. The van der Waals surface area contributed by atoms with Crippen LogP contribution in [0.3, 0.4) is 0 Å². The average molecular weight is 460 g/mol. The maximum absolute atomic E-state index is 15.7. The largest absolute Gasteiger partial charge is 0.497 e. The Labute approximate surface area is 192 Å². The Bertz CT molecular complexity index is 1060. The molecule has 0 atom stereocenters. The lowest BCUT2D eigenvalue weighted by Gasteiger charge is -2.36. The van der Waals surface area contributed by atoms with E-state index in [1.807, 2.05) is 13.8 Å². The molecule has 33 heavy (non-hydrogen) atoms. The number of aromatic nitrogens is 2. The molecule has 1 aromatic carbocycles. The molecule has 0 unspecified atom stereocenters. The standard InChI is InChI=1S/C24H30FN3O5/c1-4-8-33-23(30)16-11-15(31-3)12-18(21(16)25)28-19-13-24(6-9-32-10-7-24)14-26-22(29)20(19)17(5-2)27-28/h11-12H,4-10,13-14H2,1-3H3,(H,26,29). The topological polar surface area (TPSA) is 91.7 Å². The third-order valence-electron chi connectivity index (χ3n) is 6.48. The summed E-state index contributed by atoms with van der Waals surface area (Å²) >= 11 is 0. The van der Waals surface area contributed by atoms with Crippen LogP contribution in [-0.4, -0.2) is 55.1 Å². The fourth-order valence-electron chi connectivity index (χ4n) is 4.58. The van der Waals surface area contributed by atoms with E-state index in [2.05, 4.69) is 10.4 Å². The van der Waals surface area contributed by atoms with Gasteiger partial charge in [0, 0.05) is 25.8 Å². The summed E-state index contributed by atoms with van der Waals surface area (Å²) in [4.78, 5) is 25.6. The van der Waals surface area contributed by atoms with Gasteiger partial charge in [-0.2, -0.15) is 5.10 Å². The van der Waals surface area contributed by atoms with Gasteiger partial charge in [0.2, 0.25) is 0 Å². The molecule has 8 nitrogen and oxygen atoms in total. The Morgan fingerprint density at radius 2 is 2.06 bits per heavy atom. The number of nitrogens with one attached hydrogen (secondary N) is 1. The van der Waals surface area contributed by atoms with Gasteiger partial charge in [-0.25, -0.2) is 13.9 Å². The van der Waals surface area contributed by atoms with Crippen LogP contribution in [0.15, 0.2) is 12.1 Å². The maximum atomic E-state index is 15.7. The van der Waals surface area contributed by atoms with Crippen molar-refractivity contribution >= 4 is 11.9 Å². The molecule has 4 rings (SSSR count). The summed E-state index contributed by atoms with van der Waals surface area (Å²) in [6, 6.07) is 2.82. The molecule has 1 aromatic heterocycles. The van der Waals surface area contributed by atoms with Crippen LogP contribution in [0.4, 0.5) is 4.39 Å². The van der Waals surface area contributed by atoms with E-state index >= 15 is 4.39 Å². The molecular weight excluding hydrogens is 429 g/mol. The van der Waals surface area contributed by atoms with Crippen LogP contribution in [0.5, 0.6) is 5.75 Å². The second kappa shape index (κ2) is 9.51. The van der Waals surface area contributed by atoms with Crippen molar-refractivity contribution in [1.29, 1.82) is 0 Å². The zero-order valence-corrected chi connectivity index (χ0v) is 19.3. The summed E-state index contributed by atoms with van der Waals surface area (Å²) < 4.78 is 33.3. The van der Waals surface area contributed by atoms with E-state index < -0.39 is 11.8 Å². The molecule has 0 bridgehead atoms. The maximum Gasteiger partial charge on any atom is 0.341 e. The van der Waals surface area contributed by atoms with Crippen LogP contribution >= 0.6 is 0 Å². The molecule has 1 spiro atoms. The van der Waals surface area contributed by atoms with Crippen LogP contribution in [-0.2, 0) is 22.3 Å². The number of hydrogen-bond acceptors (Lipinski definition) is 6. The first-order valence-corrected chi connectivity index (χ1v) is 11.4. The Morgan fingerprint density at radius 1 is 1.30 bits per heavy atom. The number of methoxy groups -OCH3 is 1. The lowest BCUT2D eigenvalue weighted by atomic mass is 9.76. The van der Waals surface area contributed by atoms with Gasteiger partial charge in [-0.3, -0.25) is 4.79 Å². The summed E-state index contributed by atoms with van der Waals surface area (Å²) in [5, 5.41) is 7.68. The van der Waals surface area contributed by atoms with Gasteiger partial charge in [-0.05, 0) is 43.6 Å². The first-order chi connectivity index (χ1) is 15.9. The normalized spacial score (nSPS) is 17.3. The Morgan fingerprint density at radius 3 is 2.73 bits per heavy atom. The minimum Gasteiger partial charge on any atom is -0.497 e. The second-order valence-electron chi connectivity index (χ2n) is 8.65. The molecule has 9 heteroatoms. The van der Waals surface area contributed by atoms with E-state index in [0.29, 0.717) is 61.7 Å². The van der Waals surface area contributed by atoms with Crippen molar-refractivity contribution in [2.24, 2.45) is 5.41 Å². The average Bonchev–Trinajstić information content (AvgIpc) is 3.12. The minimum absolute atomic E-state index is 0.0608. The van der Waals surface area contributed by atoms with Crippen molar-refractivity contribution in [2.45, 2.75) is 46.0 Å². The highest BCUT2D eigenvalue weighted by molar-refractivity contribution is 5.97. The summed E-state index contributed by atoms with van der Waals surface area (Å²) in [5.41, 5.74) is 1.36. The van der Waals surface area contributed by atoms with Gasteiger partial charge in [0.05, 0.1) is 30.7 Å². The van der Waals surface area contributed by atoms with Gasteiger partial charge in [-0.15, -0.1) is 0 Å². The van der Waals surface area contributed by atoms with Gasteiger partial charge in [0.25, 0.3) is 5.91 Å². The molecule has 2 aromatic rings. The van der Waals surface area contributed by atoms with E-state index in [-0.39, 0.29) is 29.2 Å². The third-order valence-corrected chi connectivity index (χ3v) is 6.48. The number of carbonyl (C=O) groups excluding carboxylic acids is 2. The zero-order valence-electron chi connectivity index (χ0n) is 19.3. The molecule has 1 N–H and O–H groups in total. The van der Waals surface area contributed by atoms with E-state index in [0.717, 1.165) is 12.8 Å². The molecular formula is C24H30FN3O5. The van der Waals surface area contributed by atoms with Crippen molar-refractivity contribution in [1.82, 2.24) is 15.1 Å². The van der Waals surface area contributed by atoms with Crippen molar-refractivity contribution < 1.29 is 28.2 Å². The lowest BCUT2D eigenvalue weighted by molar-refractivity contribution is 0.0154. The number of esters is 1. The van der Waals surface area contributed by atoms with Gasteiger partial charge in [0.1, 0.15) is 17.0 Å². The van der Waals surface area contributed by atoms with Crippen LogP contribution in [0.25, 0.3) is 5.69 Å². The van der Waals surface area contributed by atoms with Gasteiger partial charge >= 0.3 is 5.97 Å². The first kappa shape index (κ1) is 23.2.